The van der Waals surface area contributed by atoms with Gasteiger partial charge in [0.05, 0.1) is 18.6 Å². The molecule has 3 aromatic rings. The molecule has 4 rings (SSSR count). The van der Waals surface area contributed by atoms with Crippen LogP contribution in [0.2, 0.25) is 0 Å². The number of thioether (sulfide) groups is 1. The maximum absolute atomic E-state index is 13.9. The largest absolute Gasteiger partial charge is 0.497 e. The monoisotopic (exact) mass is 499 g/mol. The number of hydrogen-bond donors (Lipinski definition) is 0. The Morgan fingerprint density at radius 3 is 2.24 bits per heavy atom. The Morgan fingerprint density at radius 2 is 1.59 bits per heavy atom. The van der Waals surface area contributed by atoms with E-state index in [1.807, 2.05) is 0 Å². The fraction of sp³-hybridized carbons (Fsp3) is 0.0833. The first-order valence-corrected chi connectivity index (χ1v) is 12.2. The summed E-state index contributed by atoms with van der Waals surface area (Å²) < 4.78 is 49.0. The first-order valence-electron chi connectivity index (χ1n) is 9.94. The van der Waals surface area contributed by atoms with Crippen LogP contribution in [0, 0.1) is 5.82 Å². The number of hydrogen-bond acceptors (Lipinski definition) is 7. The molecule has 1 aliphatic rings. The Kier molecular flexibility index (Phi) is 6.71. The average molecular weight is 500 g/mol. The summed E-state index contributed by atoms with van der Waals surface area (Å²) in [4.78, 5) is 26.1. The minimum absolute atomic E-state index is 0.0269. The molecule has 0 N–H and O–H groups in total. The number of imide groups is 1. The fourth-order valence-corrected chi connectivity index (χ4v) is 4.89. The normalized spacial score (nSPS) is 15.1. The van der Waals surface area contributed by atoms with Crippen molar-refractivity contribution in [1.82, 2.24) is 4.90 Å². The summed E-state index contributed by atoms with van der Waals surface area (Å²) in [6.45, 7) is -0.162. The van der Waals surface area contributed by atoms with Crippen molar-refractivity contribution in [1.29, 1.82) is 0 Å². The van der Waals surface area contributed by atoms with Crippen LogP contribution in [-0.4, -0.2) is 31.6 Å². The number of halogens is 1. The highest BCUT2D eigenvalue weighted by Gasteiger charge is 2.35. The molecule has 1 heterocycles. The number of carbonyl (C=O) groups excluding carboxylic acids is 2. The number of nitrogens with zero attached hydrogens (tertiary/aromatic N) is 1. The highest BCUT2D eigenvalue weighted by Crippen LogP contribution is 2.34. The van der Waals surface area contributed by atoms with Crippen LogP contribution in [0.4, 0.5) is 9.18 Å². The van der Waals surface area contributed by atoms with Crippen molar-refractivity contribution in [3.63, 3.8) is 0 Å². The van der Waals surface area contributed by atoms with Crippen molar-refractivity contribution in [2.24, 2.45) is 0 Å². The topological polar surface area (TPSA) is 90.0 Å². The molecule has 0 bridgehead atoms. The second-order valence-electron chi connectivity index (χ2n) is 7.14. The van der Waals surface area contributed by atoms with Crippen LogP contribution >= 0.6 is 11.8 Å². The number of benzene rings is 3. The molecule has 0 radical (unpaired) electrons. The van der Waals surface area contributed by atoms with Crippen LogP contribution in [0.5, 0.6) is 11.5 Å². The minimum Gasteiger partial charge on any atom is -0.497 e. The van der Waals surface area contributed by atoms with Crippen LogP contribution in [-0.2, 0) is 21.5 Å². The molecule has 0 spiro atoms. The van der Waals surface area contributed by atoms with E-state index in [0.717, 1.165) is 16.7 Å². The Bertz CT molecular complexity index is 1370. The molecule has 10 heteroatoms. The van der Waals surface area contributed by atoms with E-state index < -0.39 is 27.1 Å². The van der Waals surface area contributed by atoms with Crippen LogP contribution in [0.15, 0.2) is 82.6 Å². The van der Waals surface area contributed by atoms with E-state index >= 15 is 0 Å². The molecular weight excluding hydrogens is 481 g/mol. The van der Waals surface area contributed by atoms with Gasteiger partial charge in [-0.2, -0.15) is 8.42 Å². The minimum atomic E-state index is -4.04. The highest BCUT2D eigenvalue weighted by atomic mass is 32.2. The van der Waals surface area contributed by atoms with Crippen molar-refractivity contribution < 1.29 is 31.3 Å². The molecule has 0 saturated carbocycles. The first-order chi connectivity index (χ1) is 16.3. The smallest absolute Gasteiger partial charge is 0.339 e. The maximum Gasteiger partial charge on any atom is 0.339 e. The number of methoxy groups -OCH3 is 1. The molecule has 174 valence electrons. The second-order valence-corrected chi connectivity index (χ2v) is 9.68. The molecule has 0 aromatic heterocycles. The summed E-state index contributed by atoms with van der Waals surface area (Å²) in [7, 11) is -2.56. The van der Waals surface area contributed by atoms with Gasteiger partial charge in [-0.05, 0) is 65.9 Å². The molecule has 3 aromatic carbocycles. The summed E-state index contributed by atoms with van der Waals surface area (Å²) in [5, 5.41) is -0.495. The zero-order chi connectivity index (χ0) is 24.3. The van der Waals surface area contributed by atoms with Crippen molar-refractivity contribution in [3.8, 4) is 11.5 Å². The Hall–Kier alpha value is -3.63. The molecule has 1 aliphatic heterocycles. The average Bonchev–Trinajstić information content (AvgIpc) is 3.09. The summed E-state index contributed by atoms with van der Waals surface area (Å²) >= 11 is 0.755. The quantitative estimate of drug-likeness (QED) is 0.339. The summed E-state index contributed by atoms with van der Waals surface area (Å²) in [6, 6.07) is 17.7. The van der Waals surface area contributed by atoms with Crippen LogP contribution in [0.25, 0.3) is 6.08 Å². The molecule has 0 atom stereocenters. The van der Waals surface area contributed by atoms with E-state index in [4.69, 9.17) is 8.92 Å². The van der Waals surface area contributed by atoms with Gasteiger partial charge in [0, 0.05) is 5.56 Å². The lowest BCUT2D eigenvalue weighted by molar-refractivity contribution is -0.123. The predicted molar refractivity (Wildman–Crippen MR) is 125 cm³/mol. The van der Waals surface area contributed by atoms with E-state index in [1.165, 1.54) is 67.8 Å². The van der Waals surface area contributed by atoms with Gasteiger partial charge in [-0.3, -0.25) is 14.5 Å². The predicted octanol–water partition coefficient (Wildman–Crippen LogP) is 4.84. The lowest BCUT2D eigenvalue weighted by atomic mass is 10.2. The second kappa shape index (κ2) is 9.70. The van der Waals surface area contributed by atoms with Crippen molar-refractivity contribution in [3.05, 3.63) is 94.6 Å². The van der Waals surface area contributed by atoms with Gasteiger partial charge in [-0.25, -0.2) is 4.39 Å². The molecule has 1 fully saturated rings. The number of carbonyl (C=O) groups is 2. The maximum atomic E-state index is 13.9. The van der Waals surface area contributed by atoms with Gasteiger partial charge in [0.15, 0.2) is 0 Å². The van der Waals surface area contributed by atoms with E-state index in [9.17, 15) is 22.4 Å². The van der Waals surface area contributed by atoms with E-state index in [0.29, 0.717) is 11.3 Å². The lowest BCUT2D eigenvalue weighted by Crippen LogP contribution is -2.27. The number of rotatable bonds is 7. The van der Waals surface area contributed by atoms with Crippen molar-refractivity contribution in [2.45, 2.75) is 11.4 Å². The van der Waals surface area contributed by atoms with Crippen molar-refractivity contribution >= 4 is 39.1 Å². The Labute approximate surface area is 199 Å². The molecule has 7 nitrogen and oxygen atoms in total. The van der Waals surface area contributed by atoms with Gasteiger partial charge >= 0.3 is 10.1 Å². The van der Waals surface area contributed by atoms with E-state index in [1.54, 1.807) is 18.2 Å². The van der Waals surface area contributed by atoms with E-state index in [-0.39, 0.29) is 27.7 Å². The standard InChI is InChI=1S/C24H18FNO6S2/c1-31-18-10-12-20(13-11-18)34(29,30)32-19-8-6-16(7-9-19)14-22-23(27)26(24(28)33-22)15-17-4-2-3-5-21(17)25/h2-14H,15H2,1H3/b22-14-. The van der Waals surface area contributed by atoms with Gasteiger partial charge in [0.25, 0.3) is 11.1 Å². The van der Waals surface area contributed by atoms with Crippen LogP contribution in [0.1, 0.15) is 11.1 Å². The highest BCUT2D eigenvalue weighted by molar-refractivity contribution is 8.18. The Morgan fingerprint density at radius 1 is 0.941 bits per heavy atom. The number of amides is 2. The van der Waals surface area contributed by atoms with Gasteiger partial charge < -0.3 is 8.92 Å². The third-order valence-electron chi connectivity index (χ3n) is 4.89. The molecule has 34 heavy (non-hydrogen) atoms. The molecule has 1 saturated heterocycles. The first kappa shape index (κ1) is 23.5. The van der Waals surface area contributed by atoms with Gasteiger partial charge in [0.1, 0.15) is 22.2 Å². The summed E-state index contributed by atoms with van der Waals surface area (Å²) in [6.07, 6.45) is 1.51. The van der Waals surface area contributed by atoms with Crippen LogP contribution < -0.4 is 8.92 Å². The van der Waals surface area contributed by atoms with Crippen molar-refractivity contribution in [2.75, 3.05) is 7.11 Å². The lowest BCUT2D eigenvalue weighted by Gasteiger charge is -2.12. The molecule has 0 unspecified atom stereocenters. The third-order valence-corrected chi connectivity index (χ3v) is 7.06. The summed E-state index contributed by atoms with van der Waals surface area (Å²) in [5.41, 5.74) is 0.802. The van der Waals surface area contributed by atoms with Crippen LogP contribution in [0.3, 0.4) is 0 Å². The summed E-state index contributed by atoms with van der Waals surface area (Å²) in [5.74, 6) is -0.423. The zero-order valence-electron chi connectivity index (χ0n) is 17.8. The fourth-order valence-electron chi connectivity index (χ4n) is 3.12. The third kappa shape index (κ3) is 5.13. The zero-order valence-corrected chi connectivity index (χ0v) is 19.4. The van der Waals surface area contributed by atoms with Gasteiger partial charge in [-0.15, -0.1) is 0 Å². The Balaban J connectivity index is 1.46. The van der Waals surface area contributed by atoms with E-state index in [2.05, 4.69) is 0 Å². The molecule has 0 aliphatic carbocycles. The van der Waals surface area contributed by atoms with Gasteiger partial charge in [-0.1, -0.05) is 30.3 Å². The number of ether oxygens (including phenoxy) is 1. The molecular formula is C24H18FNO6S2. The molecule has 2 amide bonds. The van der Waals surface area contributed by atoms with Gasteiger partial charge in [0.2, 0.25) is 0 Å². The SMILES string of the molecule is COc1ccc(S(=O)(=O)Oc2ccc(/C=C3\SC(=O)N(Cc4ccccc4F)C3=O)cc2)cc1.